The fraction of sp³-hybridized carbons (Fsp3) is 0.333. The molecule has 0 aromatic heterocycles. The summed E-state index contributed by atoms with van der Waals surface area (Å²) in [6, 6.07) is 5.25. The predicted molar refractivity (Wildman–Crippen MR) is 95.3 cm³/mol. The van der Waals surface area contributed by atoms with Crippen LogP contribution in [0.15, 0.2) is 23.1 Å². The van der Waals surface area contributed by atoms with Crippen LogP contribution < -0.4 is 0 Å². The molecule has 2 aliphatic rings. The molecule has 0 spiro atoms. The summed E-state index contributed by atoms with van der Waals surface area (Å²) in [4.78, 5) is 14.7. The Labute approximate surface area is 148 Å². The van der Waals surface area contributed by atoms with Gasteiger partial charge in [-0.25, -0.2) is 0 Å². The molecule has 1 amide bonds. The smallest absolute Gasteiger partial charge is 0.266 e. The number of ether oxygens (including phenoxy) is 1. The largest absolute Gasteiger partial charge is 0.376 e. The Morgan fingerprint density at radius 3 is 2.77 bits per heavy atom. The highest BCUT2D eigenvalue weighted by Crippen LogP contribution is 2.36. The summed E-state index contributed by atoms with van der Waals surface area (Å²) in [5, 5.41) is 1.02. The molecule has 116 valence electrons. The summed E-state index contributed by atoms with van der Waals surface area (Å²) in [6.07, 6.45) is 3.78. The Morgan fingerprint density at radius 1 is 1.41 bits per heavy atom. The lowest BCUT2D eigenvalue weighted by Gasteiger charge is -2.18. The summed E-state index contributed by atoms with van der Waals surface area (Å²) in [6.45, 7) is 1.27. The molecule has 2 fully saturated rings. The maximum absolute atomic E-state index is 12.5. The van der Waals surface area contributed by atoms with Crippen LogP contribution in [0, 0.1) is 0 Å². The van der Waals surface area contributed by atoms with E-state index in [-0.39, 0.29) is 12.0 Å². The first kappa shape index (κ1) is 16.3. The minimum atomic E-state index is -0.110. The molecule has 3 rings (SSSR count). The zero-order valence-electron chi connectivity index (χ0n) is 11.6. The Bertz CT molecular complexity index is 637. The van der Waals surface area contributed by atoms with Gasteiger partial charge in [-0.2, -0.15) is 0 Å². The van der Waals surface area contributed by atoms with E-state index in [0.717, 1.165) is 19.4 Å². The third-order valence-electron chi connectivity index (χ3n) is 3.56. The number of amides is 1. The van der Waals surface area contributed by atoms with Gasteiger partial charge in [0.25, 0.3) is 5.91 Å². The number of rotatable bonds is 3. The average molecular weight is 374 g/mol. The van der Waals surface area contributed by atoms with E-state index in [1.165, 1.54) is 11.8 Å². The first-order valence-corrected chi connectivity index (χ1v) is 8.85. The van der Waals surface area contributed by atoms with Gasteiger partial charge in [-0.15, -0.1) is 0 Å². The van der Waals surface area contributed by atoms with Crippen LogP contribution in [0.4, 0.5) is 0 Å². The minimum absolute atomic E-state index is 0.0748. The van der Waals surface area contributed by atoms with Crippen molar-refractivity contribution >= 4 is 63.5 Å². The molecular formula is C15H13Cl2NO2S2. The second kappa shape index (κ2) is 6.89. The molecule has 2 heterocycles. The third-order valence-corrected chi connectivity index (χ3v) is 5.60. The molecule has 1 aromatic carbocycles. The fourth-order valence-electron chi connectivity index (χ4n) is 2.43. The quantitative estimate of drug-likeness (QED) is 0.580. The molecule has 22 heavy (non-hydrogen) atoms. The summed E-state index contributed by atoms with van der Waals surface area (Å²) in [5.74, 6) is -0.110. The second-order valence-electron chi connectivity index (χ2n) is 5.06. The van der Waals surface area contributed by atoms with Crippen LogP contribution in [0.3, 0.4) is 0 Å². The summed E-state index contributed by atoms with van der Waals surface area (Å²) in [7, 11) is 0. The van der Waals surface area contributed by atoms with Crippen molar-refractivity contribution < 1.29 is 9.53 Å². The summed E-state index contributed by atoms with van der Waals surface area (Å²) < 4.78 is 6.13. The van der Waals surface area contributed by atoms with Gasteiger partial charge in [0.15, 0.2) is 0 Å². The number of hydrogen-bond donors (Lipinski definition) is 0. The Hall–Kier alpha value is -0.590. The maximum Gasteiger partial charge on any atom is 0.266 e. The molecule has 2 aliphatic heterocycles. The maximum atomic E-state index is 12.5. The number of hydrogen-bond acceptors (Lipinski definition) is 4. The van der Waals surface area contributed by atoms with Crippen LogP contribution in [-0.4, -0.2) is 34.4 Å². The standard InChI is InChI=1S/C15H13Cl2NO2S2/c16-11-4-1-5-12(17)10(11)7-13-14(19)18(15(21)22-13)8-9-3-2-6-20-9/h1,4-5,7,9H,2-3,6,8H2/b13-7-/t9-/m0/s1. The molecule has 0 N–H and O–H groups in total. The van der Waals surface area contributed by atoms with E-state index in [4.69, 9.17) is 40.2 Å². The molecule has 1 atom stereocenters. The van der Waals surface area contributed by atoms with Gasteiger partial charge in [0.1, 0.15) is 4.32 Å². The number of thiocarbonyl (C=S) groups is 1. The molecule has 2 saturated heterocycles. The van der Waals surface area contributed by atoms with Crippen molar-refractivity contribution in [3.05, 3.63) is 38.7 Å². The molecule has 3 nitrogen and oxygen atoms in total. The lowest BCUT2D eigenvalue weighted by Crippen LogP contribution is -2.35. The first-order chi connectivity index (χ1) is 10.6. The Kier molecular flexibility index (Phi) is 5.10. The van der Waals surface area contributed by atoms with Crippen molar-refractivity contribution in [3.8, 4) is 0 Å². The van der Waals surface area contributed by atoms with Gasteiger partial charge in [-0.1, -0.05) is 53.2 Å². The number of benzene rings is 1. The van der Waals surface area contributed by atoms with E-state index in [9.17, 15) is 4.79 Å². The molecule has 0 bridgehead atoms. The van der Waals surface area contributed by atoms with Crippen molar-refractivity contribution in [1.82, 2.24) is 4.90 Å². The van der Waals surface area contributed by atoms with Crippen molar-refractivity contribution in [3.63, 3.8) is 0 Å². The zero-order valence-corrected chi connectivity index (χ0v) is 14.7. The van der Waals surface area contributed by atoms with Crippen LogP contribution in [-0.2, 0) is 9.53 Å². The van der Waals surface area contributed by atoms with Gasteiger partial charge >= 0.3 is 0 Å². The Morgan fingerprint density at radius 2 is 2.14 bits per heavy atom. The molecule has 7 heteroatoms. The lowest BCUT2D eigenvalue weighted by molar-refractivity contribution is -0.123. The van der Waals surface area contributed by atoms with Gasteiger partial charge in [-0.05, 0) is 31.1 Å². The number of nitrogens with zero attached hydrogens (tertiary/aromatic N) is 1. The SMILES string of the molecule is O=C1/C(=C/c2c(Cl)cccc2Cl)SC(=S)N1C[C@@H]1CCCO1. The van der Waals surface area contributed by atoms with Crippen molar-refractivity contribution in [2.24, 2.45) is 0 Å². The van der Waals surface area contributed by atoms with Crippen molar-refractivity contribution in [1.29, 1.82) is 0 Å². The number of thioether (sulfide) groups is 1. The van der Waals surface area contributed by atoms with E-state index in [0.29, 0.717) is 31.4 Å². The van der Waals surface area contributed by atoms with Gasteiger partial charge < -0.3 is 4.74 Å². The van der Waals surface area contributed by atoms with E-state index in [2.05, 4.69) is 0 Å². The minimum Gasteiger partial charge on any atom is -0.376 e. The normalized spacial score (nSPS) is 23.8. The molecule has 0 radical (unpaired) electrons. The topological polar surface area (TPSA) is 29.5 Å². The predicted octanol–water partition coefficient (Wildman–Crippen LogP) is 4.37. The highest BCUT2D eigenvalue weighted by Gasteiger charge is 2.34. The molecule has 0 saturated carbocycles. The monoisotopic (exact) mass is 373 g/mol. The first-order valence-electron chi connectivity index (χ1n) is 6.87. The molecule has 0 unspecified atom stereocenters. The lowest BCUT2D eigenvalue weighted by atomic mass is 10.2. The average Bonchev–Trinajstić information content (AvgIpc) is 3.07. The molecule has 0 aliphatic carbocycles. The van der Waals surface area contributed by atoms with Crippen LogP contribution in [0.25, 0.3) is 6.08 Å². The highest BCUT2D eigenvalue weighted by molar-refractivity contribution is 8.26. The van der Waals surface area contributed by atoms with Gasteiger partial charge in [0.05, 0.1) is 17.6 Å². The van der Waals surface area contributed by atoms with E-state index in [1.54, 1.807) is 29.2 Å². The van der Waals surface area contributed by atoms with Gasteiger partial charge in [0, 0.05) is 22.2 Å². The van der Waals surface area contributed by atoms with Crippen LogP contribution >= 0.6 is 47.2 Å². The number of carbonyl (C=O) groups is 1. The number of halogens is 2. The summed E-state index contributed by atoms with van der Waals surface area (Å²) >= 11 is 18.9. The molecular weight excluding hydrogens is 361 g/mol. The van der Waals surface area contributed by atoms with E-state index >= 15 is 0 Å². The second-order valence-corrected chi connectivity index (χ2v) is 7.55. The van der Waals surface area contributed by atoms with Gasteiger partial charge in [-0.3, -0.25) is 9.69 Å². The van der Waals surface area contributed by atoms with Gasteiger partial charge in [0.2, 0.25) is 0 Å². The highest BCUT2D eigenvalue weighted by atomic mass is 35.5. The van der Waals surface area contributed by atoms with Crippen LogP contribution in [0.5, 0.6) is 0 Å². The van der Waals surface area contributed by atoms with E-state index in [1.807, 2.05) is 0 Å². The number of carbonyl (C=O) groups excluding carboxylic acids is 1. The van der Waals surface area contributed by atoms with Crippen molar-refractivity contribution in [2.75, 3.05) is 13.2 Å². The third kappa shape index (κ3) is 3.34. The zero-order chi connectivity index (χ0) is 15.7. The Balaban J connectivity index is 1.82. The van der Waals surface area contributed by atoms with Crippen molar-refractivity contribution in [2.45, 2.75) is 18.9 Å². The summed E-state index contributed by atoms with van der Waals surface area (Å²) in [5.41, 5.74) is 0.642. The van der Waals surface area contributed by atoms with Crippen LogP contribution in [0.1, 0.15) is 18.4 Å². The van der Waals surface area contributed by atoms with Crippen LogP contribution in [0.2, 0.25) is 10.0 Å². The molecule has 1 aromatic rings. The fourth-order valence-corrected chi connectivity index (χ4v) is 4.19. The van der Waals surface area contributed by atoms with E-state index < -0.39 is 0 Å².